The second kappa shape index (κ2) is 4.14. The van der Waals surface area contributed by atoms with E-state index >= 15 is 0 Å². The number of aryl methyl sites for hydroxylation is 1. The van der Waals surface area contributed by atoms with E-state index in [4.69, 9.17) is 4.42 Å². The molecule has 0 bridgehead atoms. The molecule has 1 aromatic carbocycles. The smallest absolute Gasteiger partial charge is 0.230 e. The number of ketones is 1. The molecule has 3 aromatic rings. The third-order valence-corrected chi connectivity index (χ3v) is 3.45. The highest BCUT2D eigenvalue weighted by Crippen LogP contribution is 2.25. The monoisotopic (exact) mass is 303 g/mol. The summed E-state index contributed by atoms with van der Waals surface area (Å²) in [5.74, 6) is 0.310. The number of furan rings is 1. The van der Waals surface area contributed by atoms with Crippen LogP contribution in [-0.2, 0) is 0 Å². The number of nitrogens with one attached hydrogen (secondary N) is 1. The first-order valence-corrected chi connectivity index (χ1v) is 6.31. The number of H-pyrrole nitrogens is 1. The van der Waals surface area contributed by atoms with E-state index in [9.17, 15) is 4.79 Å². The van der Waals surface area contributed by atoms with Crippen molar-refractivity contribution in [2.24, 2.45) is 0 Å². The number of aromatic amines is 1. The third-order valence-electron chi connectivity index (χ3n) is 2.96. The van der Waals surface area contributed by atoms with E-state index in [1.54, 1.807) is 12.3 Å². The number of benzene rings is 1. The van der Waals surface area contributed by atoms with Crippen LogP contribution in [0.2, 0.25) is 0 Å². The van der Waals surface area contributed by atoms with Crippen molar-refractivity contribution >= 4 is 32.6 Å². The molecular weight excluding hydrogens is 294 g/mol. The lowest BCUT2D eigenvalue weighted by molar-refractivity contribution is 0.101. The molecule has 0 spiro atoms. The van der Waals surface area contributed by atoms with Gasteiger partial charge in [0.2, 0.25) is 5.78 Å². The van der Waals surface area contributed by atoms with Gasteiger partial charge in [0, 0.05) is 21.6 Å². The molecule has 3 nitrogen and oxygen atoms in total. The minimum absolute atomic E-state index is 0.0916. The van der Waals surface area contributed by atoms with Gasteiger partial charge in [0.25, 0.3) is 0 Å². The highest BCUT2D eigenvalue weighted by atomic mass is 79.9. The quantitative estimate of drug-likeness (QED) is 0.726. The zero-order valence-corrected chi connectivity index (χ0v) is 11.2. The summed E-state index contributed by atoms with van der Waals surface area (Å²) in [6.07, 6.45) is 3.26. The van der Waals surface area contributed by atoms with Crippen LogP contribution in [0.5, 0.6) is 0 Å². The van der Waals surface area contributed by atoms with E-state index in [1.807, 2.05) is 25.1 Å². The Kier molecular flexibility index (Phi) is 2.59. The van der Waals surface area contributed by atoms with Gasteiger partial charge < -0.3 is 9.40 Å². The maximum absolute atomic E-state index is 12.4. The van der Waals surface area contributed by atoms with Crippen molar-refractivity contribution in [3.05, 3.63) is 58.1 Å². The summed E-state index contributed by atoms with van der Waals surface area (Å²) in [5, 5.41) is 0.902. The Morgan fingerprint density at radius 2 is 2.17 bits per heavy atom. The van der Waals surface area contributed by atoms with Crippen LogP contribution in [-0.4, -0.2) is 10.8 Å². The van der Waals surface area contributed by atoms with Gasteiger partial charge in [-0.15, -0.1) is 0 Å². The zero-order chi connectivity index (χ0) is 12.7. The van der Waals surface area contributed by atoms with Crippen LogP contribution < -0.4 is 0 Å². The summed E-state index contributed by atoms with van der Waals surface area (Å²) in [6, 6.07) is 7.57. The van der Waals surface area contributed by atoms with Crippen molar-refractivity contribution < 1.29 is 9.21 Å². The molecule has 0 aliphatic rings. The van der Waals surface area contributed by atoms with Gasteiger partial charge in [0.15, 0.2) is 5.76 Å². The second-order valence-electron chi connectivity index (χ2n) is 4.15. The fourth-order valence-electron chi connectivity index (χ4n) is 2.01. The molecule has 4 heteroatoms. The molecule has 0 atom stereocenters. The Balaban J connectivity index is 2.16. The second-order valence-corrected chi connectivity index (χ2v) is 5.07. The average molecular weight is 304 g/mol. The van der Waals surface area contributed by atoms with Gasteiger partial charge in [-0.25, -0.2) is 0 Å². The van der Waals surface area contributed by atoms with Crippen LogP contribution in [0.4, 0.5) is 0 Å². The SMILES string of the molecule is Cc1ccoc1C(=O)c1c[nH]c2cc(Br)ccc12. The maximum atomic E-state index is 12.4. The van der Waals surface area contributed by atoms with Crippen molar-refractivity contribution in [1.29, 1.82) is 0 Å². The minimum Gasteiger partial charge on any atom is -0.461 e. The highest BCUT2D eigenvalue weighted by molar-refractivity contribution is 9.10. The first-order valence-electron chi connectivity index (χ1n) is 5.52. The van der Waals surface area contributed by atoms with E-state index in [2.05, 4.69) is 20.9 Å². The highest BCUT2D eigenvalue weighted by Gasteiger charge is 2.18. The number of rotatable bonds is 2. The Hall–Kier alpha value is -1.81. The summed E-state index contributed by atoms with van der Waals surface area (Å²) < 4.78 is 6.23. The molecule has 0 unspecified atom stereocenters. The predicted molar refractivity (Wildman–Crippen MR) is 72.9 cm³/mol. The number of fused-ring (bicyclic) bond motifs is 1. The first-order chi connectivity index (χ1) is 8.66. The average Bonchev–Trinajstić information content (AvgIpc) is 2.94. The van der Waals surface area contributed by atoms with E-state index in [1.165, 1.54) is 6.26 Å². The van der Waals surface area contributed by atoms with Crippen molar-refractivity contribution in [2.75, 3.05) is 0 Å². The number of aromatic nitrogens is 1. The lowest BCUT2D eigenvalue weighted by atomic mass is 10.1. The number of carbonyl (C=O) groups is 1. The standard InChI is InChI=1S/C14H10BrNO2/c1-8-4-5-18-14(8)13(17)11-7-16-12-6-9(15)2-3-10(11)12/h2-7,16H,1H3. The van der Waals surface area contributed by atoms with Crippen LogP contribution in [0.1, 0.15) is 21.7 Å². The normalized spacial score (nSPS) is 11.0. The van der Waals surface area contributed by atoms with Crippen molar-refractivity contribution in [2.45, 2.75) is 6.92 Å². The molecule has 2 aromatic heterocycles. The molecule has 1 N–H and O–H groups in total. The van der Waals surface area contributed by atoms with Crippen molar-refractivity contribution in [1.82, 2.24) is 4.98 Å². The van der Waals surface area contributed by atoms with Crippen LogP contribution in [0.25, 0.3) is 10.9 Å². The molecule has 0 amide bonds. The van der Waals surface area contributed by atoms with Crippen LogP contribution in [0.15, 0.2) is 45.6 Å². The summed E-state index contributed by atoms with van der Waals surface area (Å²) in [7, 11) is 0. The van der Waals surface area contributed by atoms with Crippen molar-refractivity contribution in [3.8, 4) is 0 Å². The number of carbonyl (C=O) groups excluding carboxylic acids is 1. The Morgan fingerprint density at radius 3 is 2.89 bits per heavy atom. The fraction of sp³-hybridized carbons (Fsp3) is 0.0714. The molecule has 0 fully saturated rings. The van der Waals surface area contributed by atoms with Gasteiger partial charge in [0.05, 0.1) is 11.8 Å². The number of halogens is 1. The Labute approximate surface area is 112 Å². The largest absolute Gasteiger partial charge is 0.461 e. The molecule has 0 saturated carbocycles. The van der Waals surface area contributed by atoms with Crippen molar-refractivity contribution in [3.63, 3.8) is 0 Å². The fourth-order valence-corrected chi connectivity index (χ4v) is 2.38. The van der Waals surface area contributed by atoms with E-state index < -0.39 is 0 Å². The molecule has 2 heterocycles. The zero-order valence-electron chi connectivity index (χ0n) is 9.66. The van der Waals surface area contributed by atoms with Gasteiger partial charge in [-0.05, 0) is 30.7 Å². The molecule has 3 rings (SSSR count). The van der Waals surface area contributed by atoms with E-state index in [0.29, 0.717) is 11.3 Å². The molecule has 0 aliphatic heterocycles. The minimum atomic E-state index is -0.0916. The molecular formula is C14H10BrNO2. The summed E-state index contributed by atoms with van der Waals surface area (Å²) in [4.78, 5) is 15.5. The van der Waals surface area contributed by atoms with Gasteiger partial charge in [-0.1, -0.05) is 22.0 Å². The molecule has 18 heavy (non-hydrogen) atoms. The van der Waals surface area contributed by atoms with E-state index in [-0.39, 0.29) is 5.78 Å². The molecule has 90 valence electrons. The first kappa shape index (κ1) is 11.3. The topological polar surface area (TPSA) is 46.0 Å². The maximum Gasteiger partial charge on any atom is 0.230 e. The lowest BCUT2D eigenvalue weighted by Crippen LogP contribution is -2.00. The Bertz CT molecular complexity index is 739. The van der Waals surface area contributed by atoms with Crippen LogP contribution in [0, 0.1) is 6.92 Å². The molecule has 0 aliphatic carbocycles. The predicted octanol–water partition coefficient (Wildman–Crippen LogP) is 4.06. The van der Waals surface area contributed by atoms with E-state index in [0.717, 1.165) is 20.9 Å². The van der Waals surface area contributed by atoms with Crippen LogP contribution in [0.3, 0.4) is 0 Å². The van der Waals surface area contributed by atoms with Gasteiger partial charge in [-0.2, -0.15) is 0 Å². The number of hydrogen-bond acceptors (Lipinski definition) is 2. The Morgan fingerprint density at radius 1 is 1.33 bits per heavy atom. The molecule has 0 saturated heterocycles. The summed E-state index contributed by atoms with van der Waals surface area (Å²) in [6.45, 7) is 1.86. The number of hydrogen-bond donors (Lipinski definition) is 1. The van der Waals surface area contributed by atoms with Gasteiger partial charge in [0.1, 0.15) is 0 Å². The van der Waals surface area contributed by atoms with Crippen LogP contribution >= 0.6 is 15.9 Å². The summed E-state index contributed by atoms with van der Waals surface area (Å²) >= 11 is 3.41. The summed E-state index contributed by atoms with van der Waals surface area (Å²) in [5.41, 5.74) is 2.42. The van der Waals surface area contributed by atoms with Gasteiger partial charge in [-0.3, -0.25) is 4.79 Å². The van der Waals surface area contributed by atoms with Gasteiger partial charge >= 0.3 is 0 Å². The molecule has 0 radical (unpaired) electrons. The lowest BCUT2D eigenvalue weighted by Gasteiger charge is -1.98. The third kappa shape index (κ3) is 1.69.